The third-order valence-electron chi connectivity index (χ3n) is 5.12. The number of amides is 1. The summed E-state index contributed by atoms with van der Waals surface area (Å²) in [6.45, 7) is 2.11. The number of fused-ring (bicyclic) bond motifs is 2. The number of rotatable bonds is 4. The zero-order chi connectivity index (χ0) is 14.8. The van der Waals surface area contributed by atoms with E-state index in [0.29, 0.717) is 24.5 Å². The van der Waals surface area contributed by atoms with Gasteiger partial charge in [-0.15, -0.1) is 24.8 Å². The maximum atomic E-state index is 12.5. The summed E-state index contributed by atoms with van der Waals surface area (Å²) < 4.78 is 0. The first-order chi connectivity index (χ1) is 10.1. The number of carbonyl (C=O) groups excluding carboxylic acids is 1. The number of aromatic nitrogens is 1. The topological polar surface area (TPSA) is 45.2 Å². The molecular formula is C17H27Cl2N3O. The number of hydrogen-bond donors (Lipinski definition) is 1. The lowest BCUT2D eigenvalue weighted by molar-refractivity contribution is -0.133. The quantitative estimate of drug-likeness (QED) is 0.897. The highest BCUT2D eigenvalue weighted by molar-refractivity contribution is 5.85. The van der Waals surface area contributed by atoms with Crippen molar-refractivity contribution in [3.8, 4) is 0 Å². The molecule has 3 rings (SSSR count). The van der Waals surface area contributed by atoms with Crippen molar-refractivity contribution in [1.29, 1.82) is 0 Å². The molecule has 1 aromatic heterocycles. The van der Waals surface area contributed by atoms with Gasteiger partial charge in [-0.2, -0.15) is 0 Å². The van der Waals surface area contributed by atoms with E-state index in [4.69, 9.17) is 0 Å². The minimum absolute atomic E-state index is 0. The van der Waals surface area contributed by atoms with Crippen molar-refractivity contribution in [2.24, 2.45) is 0 Å². The van der Waals surface area contributed by atoms with Crippen LogP contribution in [0, 0.1) is 0 Å². The second kappa shape index (κ2) is 8.86. The molecule has 1 N–H and O–H groups in total. The van der Waals surface area contributed by atoms with Gasteiger partial charge >= 0.3 is 0 Å². The number of nitrogens with one attached hydrogen (secondary N) is 1. The Morgan fingerprint density at radius 2 is 2.00 bits per heavy atom. The molecule has 2 saturated heterocycles. The van der Waals surface area contributed by atoms with E-state index >= 15 is 0 Å². The second-order valence-electron chi connectivity index (χ2n) is 6.66. The van der Waals surface area contributed by atoms with Crippen molar-refractivity contribution in [2.75, 3.05) is 7.05 Å². The van der Waals surface area contributed by atoms with Crippen LogP contribution in [0.25, 0.3) is 0 Å². The zero-order valence-corrected chi connectivity index (χ0v) is 15.4. The van der Waals surface area contributed by atoms with Crippen LogP contribution in [0.2, 0.25) is 0 Å². The molecule has 0 aromatic carbocycles. The van der Waals surface area contributed by atoms with Gasteiger partial charge in [0.25, 0.3) is 0 Å². The summed E-state index contributed by atoms with van der Waals surface area (Å²) in [5, 5.41) is 3.63. The van der Waals surface area contributed by atoms with E-state index in [1.165, 1.54) is 12.8 Å². The zero-order valence-electron chi connectivity index (χ0n) is 13.8. The van der Waals surface area contributed by atoms with Gasteiger partial charge in [0, 0.05) is 44.0 Å². The summed E-state index contributed by atoms with van der Waals surface area (Å²) in [6, 6.07) is 5.65. The van der Waals surface area contributed by atoms with Gasteiger partial charge in [-0.1, -0.05) is 13.0 Å². The lowest BCUT2D eigenvalue weighted by Gasteiger charge is -2.36. The van der Waals surface area contributed by atoms with Crippen molar-refractivity contribution < 1.29 is 4.79 Å². The summed E-state index contributed by atoms with van der Waals surface area (Å²) in [5.74, 6) is 0.491. The Bertz CT molecular complexity index is 488. The monoisotopic (exact) mass is 359 g/mol. The molecule has 0 saturated carbocycles. The molecule has 0 radical (unpaired) electrons. The van der Waals surface area contributed by atoms with Crippen LogP contribution in [-0.4, -0.2) is 41.0 Å². The molecule has 6 heteroatoms. The molecule has 1 aromatic rings. The first-order valence-corrected chi connectivity index (χ1v) is 8.05. The Kier molecular flexibility index (Phi) is 7.78. The SMILES string of the molecule is CC(CC(=O)N(C)C1CC2CCC(C1)N2)c1cccnc1.Cl.Cl. The normalized spacial score (nSPS) is 26.6. The molecule has 130 valence electrons. The fraction of sp³-hybridized carbons (Fsp3) is 0.647. The Balaban J connectivity index is 0.00000132. The fourth-order valence-corrected chi connectivity index (χ4v) is 3.74. The van der Waals surface area contributed by atoms with Crippen molar-refractivity contribution >= 4 is 30.7 Å². The van der Waals surface area contributed by atoms with Gasteiger partial charge in [0.2, 0.25) is 5.91 Å². The molecule has 3 heterocycles. The number of halogens is 2. The van der Waals surface area contributed by atoms with E-state index < -0.39 is 0 Å². The summed E-state index contributed by atoms with van der Waals surface area (Å²) in [6.07, 6.45) is 8.98. The number of hydrogen-bond acceptors (Lipinski definition) is 3. The molecule has 3 atom stereocenters. The average molecular weight is 360 g/mol. The maximum absolute atomic E-state index is 12.5. The highest BCUT2D eigenvalue weighted by atomic mass is 35.5. The fourth-order valence-electron chi connectivity index (χ4n) is 3.74. The summed E-state index contributed by atoms with van der Waals surface area (Å²) >= 11 is 0. The molecule has 1 amide bonds. The minimum atomic E-state index is 0. The van der Waals surface area contributed by atoms with Gasteiger partial charge < -0.3 is 10.2 Å². The van der Waals surface area contributed by atoms with E-state index in [1.54, 1.807) is 6.20 Å². The molecule has 2 fully saturated rings. The molecule has 4 nitrogen and oxygen atoms in total. The molecule has 3 unspecified atom stereocenters. The van der Waals surface area contributed by atoms with Crippen LogP contribution >= 0.6 is 24.8 Å². The van der Waals surface area contributed by atoms with Crippen LogP contribution in [0.5, 0.6) is 0 Å². The van der Waals surface area contributed by atoms with Crippen molar-refractivity contribution in [3.05, 3.63) is 30.1 Å². The minimum Gasteiger partial charge on any atom is -0.343 e. The van der Waals surface area contributed by atoms with Gasteiger partial charge in [0.15, 0.2) is 0 Å². The van der Waals surface area contributed by atoms with Gasteiger partial charge in [-0.3, -0.25) is 9.78 Å². The lowest BCUT2D eigenvalue weighted by atomic mass is 9.95. The number of pyridine rings is 1. The van der Waals surface area contributed by atoms with Crippen LogP contribution < -0.4 is 5.32 Å². The second-order valence-corrected chi connectivity index (χ2v) is 6.66. The van der Waals surface area contributed by atoms with E-state index in [2.05, 4.69) is 23.3 Å². The van der Waals surface area contributed by atoms with Crippen LogP contribution in [-0.2, 0) is 4.79 Å². The molecule has 2 bridgehead atoms. The van der Waals surface area contributed by atoms with Crippen molar-refractivity contribution in [2.45, 2.75) is 63.1 Å². The summed E-state index contributed by atoms with van der Waals surface area (Å²) in [5.41, 5.74) is 1.14. The third-order valence-corrected chi connectivity index (χ3v) is 5.12. The van der Waals surface area contributed by atoms with E-state index in [1.807, 2.05) is 24.2 Å². The highest BCUT2D eigenvalue weighted by Crippen LogP contribution is 2.30. The largest absolute Gasteiger partial charge is 0.343 e. The predicted octanol–water partition coefficient (Wildman–Crippen LogP) is 3.16. The number of nitrogens with zero attached hydrogens (tertiary/aromatic N) is 2. The number of carbonyl (C=O) groups is 1. The van der Waals surface area contributed by atoms with Crippen LogP contribution in [0.4, 0.5) is 0 Å². The standard InChI is InChI=1S/C17H25N3O.2ClH/c1-12(13-4-3-7-18-11-13)8-17(21)20(2)16-9-14-5-6-15(10-16)19-14;;/h3-4,7,11-12,14-16,19H,5-6,8-10H2,1-2H3;2*1H. The molecule has 2 aliphatic heterocycles. The van der Waals surface area contributed by atoms with Crippen LogP contribution in [0.1, 0.15) is 50.5 Å². The average Bonchev–Trinajstić information content (AvgIpc) is 2.85. The Labute approximate surface area is 151 Å². The number of piperidine rings is 1. The first-order valence-electron chi connectivity index (χ1n) is 8.05. The van der Waals surface area contributed by atoms with Gasteiger partial charge in [0.1, 0.15) is 0 Å². The van der Waals surface area contributed by atoms with Gasteiger partial charge in [-0.25, -0.2) is 0 Å². The summed E-state index contributed by atoms with van der Waals surface area (Å²) in [4.78, 5) is 18.7. The molecule has 0 aliphatic carbocycles. The van der Waals surface area contributed by atoms with Crippen LogP contribution in [0.15, 0.2) is 24.5 Å². The Hall–Kier alpha value is -0.840. The lowest BCUT2D eigenvalue weighted by Crippen LogP contribution is -2.48. The predicted molar refractivity (Wildman–Crippen MR) is 97.5 cm³/mol. The molecular weight excluding hydrogens is 333 g/mol. The summed E-state index contributed by atoms with van der Waals surface area (Å²) in [7, 11) is 1.98. The highest BCUT2D eigenvalue weighted by Gasteiger charge is 2.36. The van der Waals surface area contributed by atoms with Gasteiger partial charge in [0.05, 0.1) is 0 Å². The molecule has 23 heavy (non-hydrogen) atoms. The van der Waals surface area contributed by atoms with Gasteiger partial charge in [-0.05, 0) is 43.2 Å². The Morgan fingerprint density at radius 3 is 2.57 bits per heavy atom. The molecule has 0 spiro atoms. The van der Waals surface area contributed by atoms with Crippen molar-refractivity contribution in [3.63, 3.8) is 0 Å². The molecule has 2 aliphatic rings. The smallest absolute Gasteiger partial charge is 0.223 e. The van der Waals surface area contributed by atoms with Crippen LogP contribution in [0.3, 0.4) is 0 Å². The van der Waals surface area contributed by atoms with Crippen molar-refractivity contribution in [1.82, 2.24) is 15.2 Å². The maximum Gasteiger partial charge on any atom is 0.223 e. The van der Waals surface area contributed by atoms with E-state index in [-0.39, 0.29) is 36.6 Å². The van der Waals surface area contributed by atoms with E-state index in [0.717, 1.165) is 18.4 Å². The first kappa shape index (κ1) is 20.2. The third kappa shape index (κ3) is 4.82. The van der Waals surface area contributed by atoms with E-state index in [9.17, 15) is 4.79 Å². The Morgan fingerprint density at radius 1 is 1.35 bits per heavy atom.